The molecule has 4 rings (SSSR count). The fourth-order valence-electron chi connectivity index (χ4n) is 3.88. The first-order chi connectivity index (χ1) is 14.7. The Labute approximate surface area is 181 Å². The number of rotatable bonds is 4. The fraction of sp³-hybridized carbons (Fsp3) is 0.304. The molecule has 0 radical (unpaired) electrons. The number of carbonyl (C=O) groups is 1. The molecule has 1 unspecified atom stereocenters. The molecule has 1 amide bonds. The van der Waals surface area contributed by atoms with Gasteiger partial charge < -0.3 is 10.3 Å². The Morgan fingerprint density at radius 2 is 1.87 bits per heavy atom. The van der Waals surface area contributed by atoms with E-state index in [1.807, 2.05) is 32.0 Å². The third-order valence-corrected chi connectivity index (χ3v) is 7.72. The molecule has 0 saturated carbocycles. The van der Waals surface area contributed by atoms with Crippen LogP contribution in [-0.2, 0) is 14.8 Å². The Bertz CT molecular complexity index is 1310. The maximum Gasteiger partial charge on any atom is 0.248 e. The summed E-state index contributed by atoms with van der Waals surface area (Å²) in [5.41, 5.74) is 3.29. The molecule has 3 aromatic rings. The lowest BCUT2D eigenvalue weighted by atomic mass is 9.98. The zero-order valence-electron chi connectivity index (χ0n) is 17.5. The highest BCUT2D eigenvalue weighted by atomic mass is 32.2. The molecule has 7 nitrogen and oxygen atoms in total. The van der Waals surface area contributed by atoms with E-state index < -0.39 is 15.9 Å². The highest BCUT2D eigenvalue weighted by Gasteiger charge is 2.33. The summed E-state index contributed by atoms with van der Waals surface area (Å²) in [5, 5.41) is 3.57. The summed E-state index contributed by atoms with van der Waals surface area (Å²) in [6.45, 7) is 4.51. The second-order valence-electron chi connectivity index (χ2n) is 8.06. The first-order valence-electron chi connectivity index (χ1n) is 10.3. The van der Waals surface area contributed by atoms with Crippen molar-refractivity contribution in [1.82, 2.24) is 9.29 Å². The first-order valence-corrected chi connectivity index (χ1v) is 11.7. The normalized spacial score (nSPS) is 17.5. The van der Waals surface area contributed by atoms with Crippen LogP contribution in [0.1, 0.15) is 24.0 Å². The lowest BCUT2D eigenvalue weighted by molar-refractivity contribution is -0.120. The van der Waals surface area contributed by atoms with Crippen LogP contribution in [0.4, 0.5) is 5.69 Å². The van der Waals surface area contributed by atoms with Crippen molar-refractivity contribution in [1.29, 1.82) is 0 Å². The fourth-order valence-corrected chi connectivity index (χ4v) is 5.44. The van der Waals surface area contributed by atoms with Gasteiger partial charge in [0.2, 0.25) is 21.5 Å². The quantitative estimate of drug-likeness (QED) is 0.652. The number of hydrogen-bond acceptors (Lipinski definition) is 4. The van der Waals surface area contributed by atoms with Gasteiger partial charge >= 0.3 is 0 Å². The average Bonchev–Trinajstić information content (AvgIpc) is 2.76. The van der Waals surface area contributed by atoms with Gasteiger partial charge in [0.25, 0.3) is 0 Å². The minimum Gasteiger partial charge on any atom is -0.326 e. The van der Waals surface area contributed by atoms with Crippen LogP contribution in [0.25, 0.3) is 10.9 Å². The third-order valence-electron chi connectivity index (χ3n) is 5.86. The predicted octanol–water partition coefficient (Wildman–Crippen LogP) is 3.18. The van der Waals surface area contributed by atoms with Gasteiger partial charge in [-0.25, -0.2) is 8.42 Å². The molecule has 2 aromatic carbocycles. The maximum absolute atomic E-state index is 13.2. The van der Waals surface area contributed by atoms with Crippen molar-refractivity contribution >= 4 is 32.5 Å². The molecule has 1 atom stereocenters. The van der Waals surface area contributed by atoms with E-state index in [1.54, 1.807) is 18.2 Å². The summed E-state index contributed by atoms with van der Waals surface area (Å²) in [5.74, 6) is -0.582. The number of fused-ring (bicyclic) bond motifs is 1. The van der Waals surface area contributed by atoms with Crippen molar-refractivity contribution in [2.75, 3.05) is 18.4 Å². The molecule has 2 N–H and O–H groups in total. The minimum atomic E-state index is -3.75. The van der Waals surface area contributed by atoms with Crippen molar-refractivity contribution in [3.05, 3.63) is 70.0 Å². The van der Waals surface area contributed by atoms with Gasteiger partial charge in [-0.2, -0.15) is 4.31 Å². The molecule has 8 heteroatoms. The minimum absolute atomic E-state index is 0.142. The summed E-state index contributed by atoms with van der Waals surface area (Å²) in [4.78, 5) is 27.1. The number of sulfonamides is 1. The van der Waals surface area contributed by atoms with Gasteiger partial charge in [0.1, 0.15) is 0 Å². The number of H-pyrrole nitrogens is 1. The SMILES string of the molecule is Cc1ccc(NC(=O)C2CCCN(S(=O)(=O)c3ccc4[nH]c(=O)ccc4c3)C2)cc1C. The lowest BCUT2D eigenvalue weighted by Gasteiger charge is -2.31. The number of nitrogens with zero attached hydrogens (tertiary/aromatic N) is 1. The van der Waals surface area contributed by atoms with Gasteiger partial charge in [0.15, 0.2) is 0 Å². The molecule has 1 aliphatic rings. The van der Waals surface area contributed by atoms with E-state index in [0.29, 0.717) is 30.3 Å². The van der Waals surface area contributed by atoms with E-state index in [4.69, 9.17) is 0 Å². The number of nitrogens with one attached hydrogen (secondary N) is 2. The number of benzene rings is 2. The lowest BCUT2D eigenvalue weighted by Crippen LogP contribution is -2.43. The van der Waals surface area contributed by atoms with E-state index in [1.165, 1.54) is 16.4 Å². The monoisotopic (exact) mass is 439 g/mol. The largest absolute Gasteiger partial charge is 0.326 e. The smallest absolute Gasteiger partial charge is 0.248 e. The van der Waals surface area contributed by atoms with E-state index in [-0.39, 0.29) is 22.9 Å². The number of aromatic amines is 1. The number of amides is 1. The molecule has 1 aliphatic heterocycles. The Kier molecular flexibility index (Phi) is 5.68. The molecule has 162 valence electrons. The van der Waals surface area contributed by atoms with E-state index in [0.717, 1.165) is 16.8 Å². The molecule has 1 aromatic heterocycles. The van der Waals surface area contributed by atoms with E-state index >= 15 is 0 Å². The van der Waals surface area contributed by atoms with E-state index in [9.17, 15) is 18.0 Å². The molecule has 1 saturated heterocycles. The van der Waals surface area contributed by atoms with Crippen LogP contribution >= 0.6 is 0 Å². The molecule has 0 aliphatic carbocycles. The van der Waals surface area contributed by atoms with Crippen molar-refractivity contribution in [3.63, 3.8) is 0 Å². The van der Waals surface area contributed by atoms with Crippen LogP contribution in [0.2, 0.25) is 0 Å². The number of hydrogen-bond donors (Lipinski definition) is 2. The highest BCUT2D eigenvalue weighted by Crippen LogP contribution is 2.26. The number of aryl methyl sites for hydroxylation is 2. The summed E-state index contributed by atoms with van der Waals surface area (Å²) in [7, 11) is -3.75. The van der Waals surface area contributed by atoms with Crippen molar-refractivity contribution in [3.8, 4) is 0 Å². The van der Waals surface area contributed by atoms with Gasteiger partial charge in [-0.1, -0.05) is 6.07 Å². The van der Waals surface area contributed by atoms with Crippen LogP contribution in [0.15, 0.2) is 58.2 Å². The second-order valence-corrected chi connectivity index (χ2v) is 10.0. The number of aromatic nitrogens is 1. The van der Waals surface area contributed by atoms with Crippen molar-refractivity contribution in [2.45, 2.75) is 31.6 Å². The van der Waals surface area contributed by atoms with Gasteiger partial charge in [-0.15, -0.1) is 0 Å². The number of anilines is 1. The molecule has 1 fully saturated rings. The Balaban J connectivity index is 1.53. The number of carbonyl (C=O) groups excluding carboxylic acids is 1. The predicted molar refractivity (Wildman–Crippen MR) is 121 cm³/mol. The summed E-state index contributed by atoms with van der Waals surface area (Å²) >= 11 is 0. The number of piperidine rings is 1. The summed E-state index contributed by atoms with van der Waals surface area (Å²) < 4.78 is 27.8. The van der Waals surface area contributed by atoms with Gasteiger partial charge in [0.05, 0.1) is 10.8 Å². The highest BCUT2D eigenvalue weighted by molar-refractivity contribution is 7.89. The van der Waals surface area contributed by atoms with Gasteiger partial charge in [0, 0.05) is 30.4 Å². The molecular weight excluding hydrogens is 414 g/mol. The molecular formula is C23H25N3O4S. The Hall–Kier alpha value is -2.97. The molecule has 0 spiro atoms. The number of pyridine rings is 1. The Morgan fingerprint density at radius 3 is 2.65 bits per heavy atom. The Morgan fingerprint density at radius 1 is 1.06 bits per heavy atom. The van der Waals surface area contributed by atoms with Crippen molar-refractivity contribution < 1.29 is 13.2 Å². The van der Waals surface area contributed by atoms with Gasteiger partial charge in [-0.05, 0) is 79.6 Å². The van der Waals surface area contributed by atoms with Crippen LogP contribution < -0.4 is 10.9 Å². The van der Waals surface area contributed by atoms with Crippen molar-refractivity contribution in [2.24, 2.45) is 5.92 Å². The van der Waals surface area contributed by atoms with Gasteiger partial charge in [-0.3, -0.25) is 9.59 Å². The third kappa shape index (κ3) is 4.40. The topological polar surface area (TPSA) is 99.3 Å². The molecule has 31 heavy (non-hydrogen) atoms. The van der Waals surface area contributed by atoms with Crippen LogP contribution in [0, 0.1) is 19.8 Å². The average molecular weight is 440 g/mol. The van der Waals surface area contributed by atoms with Crippen LogP contribution in [0.3, 0.4) is 0 Å². The summed E-state index contributed by atoms with van der Waals surface area (Å²) in [6, 6.07) is 13.3. The maximum atomic E-state index is 13.2. The standard InChI is InChI=1S/C23H25N3O4S/c1-15-5-7-19(12-16(15)2)24-23(28)18-4-3-11-26(14-18)31(29,30)20-8-9-21-17(13-20)6-10-22(27)25-21/h5-10,12-13,18H,3-4,11,14H2,1-2H3,(H,24,28)(H,25,27). The molecule has 0 bridgehead atoms. The second kappa shape index (κ2) is 8.28. The first kappa shape index (κ1) is 21.3. The van der Waals surface area contributed by atoms with E-state index in [2.05, 4.69) is 10.3 Å². The zero-order chi connectivity index (χ0) is 22.2. The van der Waals surface area contributed by atoms with Crippen LogP contribution in [-0.4, -0.2) is 36.7 Å². The zero-order valence-corrected chi connectivity index (χ0v) is 18.3. The molecule has 2 heterocycles. The van der Waals surface area contributed by atoms with Crippen LogP contribution in [0.5, 0.6) is 0 Å². The summed E-state index contributed by atoms with van der Waals surface area (Å²) in [6.07, 6.45) is 1.26.